The number of nitrogens with zero attached hydrogens (tertiary/aromatic N) is 1. The van der Waals surface area contributed by atoms with E-state index in [2.05, 4.69) is 4.98 Å². The van der Waals surface area contributed by atoms with Gasteiger partial charge in [0.1, 0.15) is 4.90 Å². The Morgan fingerprint density at radius 3 is 2.61 bits per heavy atom. The highest BCUT2D eigenvalue weighted by atomic mass is 32.2. The number of aromatic amines is 1. The van der Waals surface area contributed by atoms with Crippen LogP contribution in [0.15, 0.2) is 28.2 Å². The highest BCUT2D eigenvalue weighted by Gasteiger charge is 2.34. The van der Waals surface area contributed by atoms with Crippen LogP contribution in [0.3, 0.4) is 0 Å². The first kappa shape index (κ1) is 13.3. The van der Waals surface area contributed by atoms with Crippen LogP contribution >= 0.6 is 0 Å². The summed E-state index contributed by atoms with van der Waals surface area (Å²) in [6.45, 7) is 4.17. The number of rotatable bonds is 5. The monoisotopic (exact) mass is 270 g/mol. The van der Waals surface area contributed by atoms with Crippen molar-refractivity contribution in [3.05, 3.63) is 28.7 Å². The van der Waals surface area contributed by atoms with E-state index in [4.69, 9.17) is 0 Å². The van der Waals surface area contributed by atoms with Crippen LogP contribution in [0.1, 0.15) is 26.7 Å². The molecule has 0 spiro atoms. The van der Waals surface area contributed by atoms with Crippen molar-refractivity contribution in [1.82, 2.24) is 9.29 Å². The second-order valence-electron chi connectivity index (χ2n) is 4.98. The molecule has 0 bridgehead atoms. The molecule has 100 valence electrons. The third-order valence-electron chi connectivity index (χ3n) is 3.09. The average molecular weight is 270 g/mol. The molecule has 2 rings (SSSR count). The van der Waals surface area contributed by atoms with Crippen LogP contribution in [-0.4, -0.2) is 30.3 Å². The molecule has 1 aromatic heterocycles. The summed E-state index contributed by atoms with van der Waals surface area (Å²) in [6, 6.07) is 1.10. The summed E-state index contributed by atoms with van der Waals surface area (Å²) in [6.07, 6.45) is 4.84. The third-order valence-corrected chi connectivity index (χ3v) is 5.15. The van der Waals surface area contributed by atoms with Crippen LogP contribution in [0.5, 0.6) is 0 Å². The van der Waals surface area contributed by atoms with Crippen LogP contribution in [0.4, 0.5) is 0 Å². The molecule has 1 saturated carbocycles. The third kappa shape index (κ3) is 2.64. The molecule has 18 heavy (non-hydrogen) atoms. The highest BCUT2D eigenvalue weighted by molar-refractivity contribution is 7.89. The molecular weight excluding hydrogens is 252 g/mol. The molecule has 1 aliphatic rings. The molecule has 0 unspecified atom stereocenters. The Labute approximate surface area is 107 Å². The van der Waals surface area contributed by atoms with Crippen molar-refractivity contribution in [1.29, 1.82) is 0 Å². The van der Waals surface area contributed by atoms with Crippen molar-refractivity contribution in [2.75, 3.05) is 6.54 Å². The maximum Gasteiger partial charge on any atom is 0.248 e. The number of H-pyrrole nitrogens is 1. The highest BCUT2D eigenvalue weighted by Crippen LogP contribution is 2.32. The maximum atomic E-state index is 12.5. The van der Waals surface area contributed by atoms with Crippen LogP contribution < -0.4 is 5.43 Å². The fourth-order valence-electron chi connectivity index (χ4n) is 1.87. The van der Waals surface area contributed by atoms with Crippen LogP contribution in [-0.2, 0) is 10.0 Å². The first-order valence-electron chi connectivity index (χ1n) is 6.12. The predicted octanol–water partition coefficient (Wildman–Crippen LogP) is 1.18. The molecule has 1 heterocycles. The molecule has 1 aliphatic carbocycles. The van der Waals surface area contributed by atoms with Gasteiger partial charge in [-0.3, -0.25) is 4.79 Å². The van der Waals surface area contributed by atoms with E-state index in [-0.39, 0.29) is 10.9 Å². The van der Waals surface area contributed by atoms with Crippen molar-refractivity contribution in [3.8, 4) is 0 Å². The minimum atomic E-state index is -3.70. The van der Waals surface area contributed by atoms with E-state index in [0.29, 0.717) is 12.5 Å². The molecule has 1 fully saturated rings. The fraction of sp³-hybridized carbons (Fsp3) is 0.583. The summed E-state index contributed by atoms with van der Waals surface area (Å²) in [4.78, 5) is 14.2. The quantitative estimate of drug-likeness (QED) is 0.873. The zero-order valence-electron chi connectivity index (χ0n) is 10.6. The van der Waals surface area contributed by atoms with E-state index in [0.717, 1.165) is 12.8 Å². The van der Waals surface area contributed by atoms with Crippen LogP contribution in [0.2, 0.25) is 0 Å². The van der Waals surface area contributed by atoms with Gasteiger partial charge in [0.05, 0.1) is 0 Å². The summed E-state index contributed by atoms with van der Waals surface area (Å²) in [5.74, 6) is 0.449. The number of nitrogens with one attached hydrogen (secondary N) is 1. The Morgan fingerprint density at radius 1 is 1.44 bits per heavy atom. The second-order valence-corrected chi connectivity index (χ2v) is 6.84. The molecule has 1 aromatic rings. The first-order chi connectivity index (χ1) is 8.43. The van der Waals surface area contributed by atoms with Gasteiger partial charge in [0.2, 0.25) is 15.5 Å². The zero-order valence-corrected chi connectivity index (χ0v) is 11.4. The predicted molar refractivity (Wildman–Crippen MR) is 68.8 cm³/mol. The van der Waals surface area contributed by atoms with Gasteiger partial charge in [-0.1, -0.05) is 0 Å². The Balaban J connectivity index is 2.38. The van der Waals surface area contributed by atoms with Crippen molar-refractivity contribution < 1.29 is 8.42 Å². The summed E-state index contributed by atoms with van der Waals surface area (Å²) in [5, 5.41) is 0. The lowest BCUT2D eigenvalue weighted by molar-refractivity contribution is 0.341. The molecule has 0 aliphatic heterocycles. The molecule has 0 saturated heterocycles. The van der Waals surface area contributed by atoms with Crippen molar-refractivity contribution in [3.63, 3.8) is 0 Å². The van der Waals surface area contributed by atoms with E-state index in [9.17, 15) is 13.2 Å². The van der Waals surface area contributed by atoms with Crippen molar-refractivity contribution >= 4 is 10.0 Å². The van der Waals surface area contributed by atoms with E-state index in [1.54, 1.807) is 0 Å². The summed E-state index contributed by atoms with van der Waals surface area (Å²) in [7, 11) is -3.70. The van der Waals surface area contributed by atoms with Crippen molar-refractivity contribution in [2.24, 2.45) is 5.92 Å². The standard InChI is InChI=1S/C12H18N2O3S/c1-9(2)14(8-10-3-4-10)18(16,17)12-7-13-6-5-11(12)15/h5-7,9-10H,3-4,8H2,1-2H3,(H,13,15). The van der Waals surface area contributed by atoms with E-state index >= 15 is 0 Å². The minimum absolute atomic E-state index is 0.143. The lowest BCUT2D eigenvalue weighted by Crippen LogP contribution is -2.40. The molecule has 0 aromatic carbocycles. The van der Waals surface area contributed by atoms with Gasteiger partial charge in [-0.2, -0.15) is 4.31 Å². The van der Waals surface area contributed by atoms with Gasteiger partial charge in [-0.25, -0.2) is 8.42 Å². The van der Waals surface area contributed by atoms with E-state index < -0.39 is 15.5 Å². The Hall–Kier alpha value is -1.14. The summed E-state index contributed by atoms with van der Waals surface area (Å²) < 4.78 is 26.4. The van der Waals surface area contributed by atoms with Gasteiger partial charge in [-0.15, -0.1) is 0 Å². The normalized spacial score (nSPS) is 16.4. The lowest BCUT2D eigenvalue weighted by Gasteiger charge is -2.25. The summed E-state index contributed by atoms with van der Waals surface area (Å²) in [5.41, 5.74) is -0.463. The van der Waals surface area contributed by atoms with Gasteiger partial charge in [0.25, 0.3) is 0 Å². The van der Waals surface area contributed by atoms with E-state index in [1.807, 2.05) is 13.8 Å². The number of sulfonamides is 1. The Kier molecular flexibility index (Phi) is 3.59. The van der Waals surface area contributed by atoms with Crippen LogP contribution in [0, 0.1) is 5.92 Å². The van der Waals surface area contributed by atoms with Crippen LogP contribution in [0.25, 0.3) is 0 Å². The van der Waals surface area contributed by atoms with Gasteiger partial charge in [0, 0.05) is 31.0 Å². The molecular formula is C12H18N2O3S. The molecule has 6 heteroatoms. The maximum absolute atomic E-state index is 12.5. The topological polar surface area (TPSA) is 70.2 Å². The van der Waals surface area contributed by atoms with Gasteiger partial charge < -0.3 is 4.98 Å². The lowest BCUT2D eigenvalue weighted by atomic mass is 10.3. The first-order valence-corrected chi connectivity index (χ1v) is 7.56. The fourth-order valence-corrected chi connectivity index (χ4v) is 3.62. The Bertz CT molecular complexity index is 573. The zero-order chi connectivity index (χ0) is 13.3. The Morgan fingerprint density at radius 2 is 2.11 bits per heavy atom. The number of pyridine rings is 1. The number of hydrogen-bond donors (Lipinski definition) is 1. The number of aromatic nitrogens is 1. The smallest absolute Gasteiger partial charge is 0.248 e. The SMILES string of the molecule is CC(C)N(CC1CC1)S(=O)(=O)c1c[nH]ccc1=O. The van der Waals surface area contributed by atoms with Gasteiger partial charge >= 0.3 is 0 Å². The van der Waals surface area contributed by atoms with Gasteiger partial charge in [0.15, 0.2) is 0 Å². The molecule has 0 radical (unpaired) electrons. The number of hydrogen-bond acceptors (Lipinski definition) is 3. The molecule has 5 nitrogen and oxygen atoms in total. The van der Waals surface area contributed by atoms with E-state index in [1.165, 1.54) is 22.8 Å². The molecule has 0 amide bonds. The largest absolute Gasteiger partial charge is 0.366 e. The van der Waals surface area contributed by atoms with Gasteiger partial charge in [-0.05, 0) is 32.6 Å². The molecule has 0 atom stereocenters. The second kappa shape index (κ2) is 4.85. The van der Waals surface area contributed by atoms with Crippen molar-refractivity contribution in [2.45, 2.75) is 37.6 Å². The molecule has 1 N–H and O–H groups in total. The summed E-state index contributed by atoms with van der Waals surface area (Å²) >= 11 is 0. The minimum Gasteiger partial charge on any atom is -0.366 e. The average Bonchev–Trinajstić information content (AvgIpc) is 3.09.